The molecule has 0 amide bonds. The maximum atomic E-state index is 5.37. The maximum Gasteiger partial charge on any atom is 0.190 e. The van der Waals surface area contributed by atoms with Crippen molar-refractivity contribution in [3.05, 3.63) is 18.7 Å². The zero-order valence-corrected chi connectivity index (χ0v) is 10.1. The average Bonchev–Trinajstić information content (AvgIpc) is 2.75. The van der Waals surface area contributed by atoms with E-state index in [2.05, 4.69) is 20.3 Å². The number of anilines is 1. The van der Waals surface area contributed by atoms with Gasteiger partial charge >= 0.3 is 0 Å². The molecule has 0 unspecified atom stereocenters. The Balaban J connectivity index is 2.54. The Morgan fingerprint density at radius 3 is 2.76 bits per heavy atom. The van der Waals surface area contributed by atoms with Gasteiger partial charge in [-0.05, 0) is 6.92 Å². The molecule has 2 heterocycles. The van der Waals surface area contributed by atoms with Crippen LogP contribution in [0.5, 0.6) is 5.75 Å². The lowest BCUT2D eigenvalue weighted by Gasteiger charge is -2.11. The van der Waals surface area contributed by atoms with E-state index in [1.807, 2.05) is 24.7 Å². The molecule has 6 nitrogen and oxygen atoms in total. The van der Waals surface area contributed by atoms with Crippen LogP contribution in [-0.4, -0.2) is 33.2 Å². The normalized spacial score (nSPS) is 10.3. The van der Waals surface area contributed by atoms with Crippen molar-refractivity contribution in [3.8, 4) is 17.3 Å². The van der Waals surface area contributed by atoms with Gasteiger partial charge in [-0.25, -0.2) is 15.0 Å². The van der Waals surface area contributed by atoms with E-state index < -0.39 is 0 Å². The van der Waals surface area contributed by atoms with Crippen LogP contribution < -0.4 is 10.1 Å². The van der Waals surface area contributed by atoms with Crippen molar-refractivity contribution in [2.45, 2.75) is 6.92 Å². The summed E-state index contributed by atoms with van der Waals surface area (Å²) in [7, 11) is 3.52. The third kappa shape index (κ3) is 2.06. The zero-order valence-electron chi connectivity index (χ0n) is 10.1. The molecule has 1 N–H and O–H groups in total. The highest BCUT2D eigenvalue weighted by molar-refractivity contribution is 5.68. The number of methoxy groups -OCH3 is 1. The van der Waals surface area contributed by atoms with Crippen molar-refractivity contribution in [2.75, 3.05) is 19.0 Å². The lowest BCUT2D eigenvalue weighted by Crippen LogP contribution is -2.05. The van der Waals surface area contributed by atoms with Gasteiger partial charge < -0.3 is 14.6 Å². The first kappa shape index (κ1) is 11.4. The summed E-state index contributed by atoms with van der Waals surface area (Å²) in [5, 5.41) is 3.14. The molecule has 0 spiro atoms. The van der Waals surface area contributed by atoms with Crippen LogP contribution in [0.4, 0.5) is 5.82 Å². The van der Waals surface area contributed by atoms with Gasteiger partial charge in [0.15, 0.2) is 23.1 Å². The fraction of sp³-hybridized carbons (Fsp3) is 0.364. The molecule has 0 saturated heterocycles. The van der Waals surface area contributed by atoms with Crippen molar-refractivity contribution < 1.29 is 4.74 Å². The number of nitrogens with zero attached hydrogens (tertiary/aromatic N) is 4. The smallest absolute Gasteiger partial charge is 0.190 e. The largest absolute Gasteiger partial charge is 0.491 e. The predicted octanol–water partition coefficient (Wildman–Crippen LogP) is 1.32. The second kappa shape index (κ2) is 4.82. The fourth-order valence-electron chi connectivity index (χ4n) is 1.61. The molecule has 6 heteroatoms. The predicted molar refractivity (Wildman–Crippen MR) is 64.9 cm³/mol. The van der Waals surface area contributed by atoms with Gasteiger partial charge in [0, 0.05) is 26.0 Å². The summed E-state index contributed by atoms with van der Waals surface area (Å²) in [5.41, 5.74) is 0.686. The quantitative estimate of drug-likeness (QED) is 0.862. The first-order valence-corrected chi connectivity index (χ1v) is 5.38. The highest BCUT2D eigenvalue weighted by Crippen LogP contribution is 2.31. The summed E-state index contributed by atoms with van der Waals surface area (Å²) in [6.07, 6.45) is 5.10. The van der Waals surface area contributed by atoms with Crippen molar-refractivity contribution in [1.29, 1.82) is 0 Å². The monoisotopic (exact) mass is 233 g/mol. The van der Waals surface area contributed by atoms with E-state index in [0.717, 1.165) is 12.4 Å². The molecule has 0 bridgehead atoms. The second-order valence-corrected chi connectivity index (χ2v) is 3.50. The van der Waals surface area contributed by atoms with Crippen LogP contribution in [0.15, 0.2) is 18.7 Å². The van der Waals surface area contributed by atoms with E-state index in [4.69, 9.17) is 4.74 Å². The van der Waals surface area contributed by atoms with E-state index in [0.29, 0.717) is 17.3 Å². The van der Waals surface area contributed by atoms with Gasteiger partial charge in [-0.2, -0.15) is 0 Å². The highest BCUT2D eigenvalue weighted by Gasteiger charge is 2.16. The van der Waals surface area contributed by atoms with E-state index in [9.17, 15) is 0 Å². The number of hydrogen-bond acceptors (Lipinski definition) is 5. The lowest BCUT2D eigenvalue weighted by atomic mass is 10.3. The number of aromatic nitrogens is 4. The molecule has 90 valence electrons. The first-order valence-electron chi connectivity index (χ1n) is 5.38. The Morgan fingerprint density at radius 1 is 1.35 bits per heavy atom. The Morgan fingerprint density at radius 2 is 2.18 bits per heavy atom. The van der Waals surface area contributed by atoms with Crippen LogP contribution in [0.1, 0.15) is 6.92 Å². The first-order chi connectivity index (χ1) is 8.27. The van der Waals surface area contributed by atoms with Gasteiger partial charge in [-0.1, -0.05) is 0 Å². The minimum Gasteiger partial charge on any atom is -0.491 e. The second-order valence-electron chi connectivity index (χ2n) is 3.50. The Hall–Kier alpha value is -2.11. The molecular weight excluding hydrogens is 218 g/mol. The Labute approximate surface area is 99.7 Å². The van der Waals surface area contributed by atoms with Crippen LogP contribution in [0.2, 0.25) is 0 Å². The maximum absolute atomic E-state index is 5.37. The summed E-state index contributed by atoms with van der Waals surface area (Å²) in [5.74, 6) is 2.05. The van der Waals surface area contributed by atoms with E-state index in [-0.39, 0.29) is 0 Å². The molecule has 2 aromatic rings. The van der Waals surface area contributed by atoms with Gasteiger partial charge in [0.25, 0.3) is 0 Å². The molecule has 0 aromatic carbocycles. The summed E-state index contributed by atoms with van der Waals surface area (Å²) in [6, 6.07) is 0. The zero-order chi connectivity index (χ0) is 12.3. The summed E-state index contributed by atoms with van der Waals surface area (Å²) in [6.45, 7) is 2.77. The number of aryl methyl sites for hydroxylation is 1. The van der Waals surface area contributed by atoms with E-state index in [1.165, 1.54) is 6.33 Å². The Kier molecular flexibility index (Phi) is 3.22. The molecule has 0 radical (unpaired) electrons. The summed E-state index contributed by atoms with van der Waals surface area (Å²) in [4.78, 5) is 12.7. The van der Waals surface area contributed by atoms with Crippen LogP contribution in [0.25, 0.3) is 11.5 Å². The third-order valence-corrected chi connectivity index (χ3v) is 2.39. The average molecular weight is 233 g/mol. The van der Waals surface area contributed by atoms with Gasteiger partial charge in [-0.15, -0.1) is 0 Å². The molecule has 17 heavy (non-hydrogen) atoms. The van der Waals surface area contributed by atoms with Crippen LogP contribution in [0.3, 0.4) is 0 Å². The standard InChI is InChI=1S/C11H15N5O/c1-4-12-10-9(17-3)8(14-7-15-10)11-13-5-6-16(11)2/h5-7H,4H2,1-3H3,(H,12,14,15). The number of ether oxygens (including phenoxy) is 1. The molecule has 0 aliphatic heterocycles. The number of imidazole rings is 1. The molecule has 0 aliphatic carbocycles. The molecule has 2 rings (SSSR count). The molecule has 2 aromatic heterocycles. The van der Waals surface area contributed by atoms with Gasteiger partial charge in [0.05, 0.1) is 7.11 Å². The molecule has 0 atom stereocenters. The van der Waals surface area contributed by atoms with Crippen LogP contribution in [-0.2, 0) is 7.05 Å². The van der Waals surface area contributed by atoms with Crippen LogP contribution in [0, 0.1) is 0 Å². The van der Waals surface area contributed by atoms with Crippen molar-refractivity contribution in [1.82, 2.24) is 19.5 Å². The Bertz CT molecular complexity index is 508. The number of nitrogens with one attached hydrogen (secondary N) is 1. The van der Waals surface area contributed by atoms with E-state index in [1.54, 1.807) is 13.3 Å². The van der Waals surface area contributed by atoms with Crippen molar-refractivity contribution in [2.24, 2.45) is 7.05 Å². The molecule has 0 fully saturated rings. The summed E-state index contributed by atoms with van der Waals surface area (Å²) < 4.78 is 7.26. The number of rotatable bonds is 4. The van der Waals surface area contributed by atoms with Gasteiger partial charge in [-0.3, -0.25) is 0 Å². The van der Waals surface area contributed by atoms with Crippen molar-refractivity contribution >= 4 is 5.82 Å². The van der Waals surface area contributed by atoms with Gasteiger partial charge in [0.2, 0.25) is 0 Å². The molecular formula is C11H15N5O. The third-order valence-electron chi connectivity index (χ3n) is 2.39. The minimum absolute atomic E-state index is 0.614. The fourth-order valence-corrected chi connectivity index (χ4v) is 1.61. The lowest BCUT2D eigenvalue weighted by molar-refractivity contribution is 0.414. The SMILES string of the molecule is CCNc1ncnc(-c2nccn2C)c1OC. The number of hydrogen-bond donors (Lipinski definition) is 1. The summed E-state index contributed by atoms with van der Waals surface area (Å²) >= 11 is 0. The molecule has 0 aliphatic rings. The molecule has 0 saturated carbocycles. The topological polar surface area (TPSA) is 64.9 Å². The van der Waals surface area contributed by atoms with Crippen molar-refractivity contribution in [3.63, 3.8) is 0 Å². The highest BCUT2D eigenvalue weighted by atomic mass is 16.5. The van der Waals surface area contributed by atoms with E-state index >= 15 is 0 Å². The minimum atomic E-state index is 0.614. The van der Waals surface area contributed by atoms with Gasteiger partial charge in [0.1, 0.15) is 6.33 Å². The van der Waals surface area contributed by atoms with Crippen LogP contribution >= 0.6 is 0 Å².